The zero-order valence-electron chi connectivity index (χ0n) is 13.9. The number of hydrogen-bond donors (Lipinski definition) is 1. The molecule has 5 nitrogen and oxygen atoms in total. The van der Waals surface area contributed by atoms with E-state index in [9.17, 15) is 9.90 Å². The molecule has 1 atom stereocenters. The summed E-state index contributed by atoms with van der Waals surface area (Å²) in [4.78, 5) is 18.7. The molecule has 2 aliphatic heterocycles. The smallest absolute Gasteiger partial charge is 0.223 e. The van der Waals surface area contributed by atoms with Gasteiger partial charge in [0.25, 0.3) is 0 Å². The Morgan fingerprint density at radius 3 is 2.65 bits per heavy atom. The molecule has 0 unspecified atom stereocenters. The number of benzene rings is 1. The van der Waals surface area contributed by atoms with Crippen molar-refractivity contribution in [2.75, 3.05) is 50.7 Å². The number of β-amino-alcohol motifs (C(OH)–C–C–N with tert-alkyl or cyclic N) is 1. The first-order valence-corrected chi connectivity index (χ1v) is 8.61. The second-order valence-corrected chi connectivity index (χ2v) is 6.70. The van der Waals surface area contributed by atoms with Crippen LogP contribution < -0.4 is 4.90 Å². The van der Waals surface area contributed by atoms with E-state index in [1.165, 1.54) is 11.3 Å². The molecule has 2 fully saturated rings. The Bertz CT molecular complexity index is 541. The van der Waals surface area contributed by atoms with Crippen LogP contribution in [0.4, 0.5) is 5.69 Å². The van der Waals surface area contributed by atoms with Crippen LogP contribution in [0.1, 0.15) is 18.4 Å². The first-order valence-electron chi connectivity index (χ1n) is 8.61. The van der Waals surface area contributed by atoms with E-state index in [2.05, 4.69) is 41.0 Å². The summed E-state index contributed by atoms with van der Waals surface area (Å²) in [6.45, 7) is 8.21. The van der Waals surface area contributed by atoms with Crippen LogP contribution in [0.5, 0.6) is 0 Å². The maximum Gasteiger partial charge on any atom is 0.223 e. The lowest BCUT2D eigenvalue weighted by Gasteiger charge is -2.36. The van der Waals surface area contributed by atoms with Crippen LogP contribution >= 0.6 is 0 Å². The third-order valence-corrected chi connectivity index (χ3v) is 4.90. The second-order valence-electron chi connectivity index (χ2n) is 6.70. The minimum Gasteiger partial charge on any atom is -0.391 e. The Morgan fingerprint density at radius 1 is 1.22 bits per heavy atom. The van der Waals surface area contributed by atoms with Crippen LogP contribution in [-0.2, 0) is 4.79 Å². The Labute approximate surface area is 138 Å². The Balaban J connectivity index is 1.42. The van der Waals surface area contributed by atoms with Crippen LogP contribution in [-0.4, -0.2) is 72.7 Å². The molecule has 126 valence electrons. The lowest BCUT2D eigenvalue weighted by atomic mass is 10.2. The number of piperazine rings is 1. The molecule has 1 aromatic carbocycles. The van der Waals surface area contributed by atoms with E-state index in [0.717, 1.165) is 39.1 Å². The number of nitrogens with zero attached hydrogens (tertiary/aromatic N) is 3. The van der Waals surface area contributed by atoms with Gasteiger partial charge >= 0.3 is 0 Å². The number of carbonyl (C=O) groups is 1. The topological polar surface area (TPSA) is 47.0 Å². The molecule has 0 aliphatic carbocycles. The molecule has 2 saturated heterocycles. The van der Waals surface area contributed by atoms with Gasteiger partial charge in [-0.3, -0.25) is 9.69 Å². The summed E-state index contributed by atoms with van der Waals surface area (Å²) in [7, 11) is 0. The number of hydrogen-bond acceptors (Lipinski definition) is 4. The fourth-order valence-corrected chi connectivity index (χ4v) is 3.43. The molecular weight excluding hydrogens is 290 g/mol. The molecule has 1 N–H and O–H groups in total. The number of carbonyl (C=O) groups excluding carboxylic acids is 1. The predicted octanol–water partition coefficient (Wildman–Crippen LogP) is 1.10. The van der Waals surface area contributed by atoms with Gasteiger partial charge in [-0.05, 0) is 31.0 Å². The van der Waals surface area contributed by atoms with Gasteiger partial charge in [0.05, 0.1) is 6.10 Å². The molecule has 2 heterocycles. The molecule has 23 heavy (non-hydrogen) atoms. The highest BCUT2D eigenvalue weighted by Gasteiger charge is 2.25. The van der Waals surface area contributed by atoms with Gasteiger partial charge in [-0.25, -0.2) is 0 Å². The summed E-state index contributed by atoms with van der Waals surface area (Å²) in [5.41, 5.74) is 2.59. The van der Waals surface area contributed by atoms with Crippen molar-refractivity contribution in [3.8, 4) is 0 Å². The van der Waals surface area contributed by atoms with Gasteiger partial charge in [0, 0.05) is 57.9 Å². The van der Waals surface area contributed by atoms with E-state index in [4.69, 9.17) is 0 Å². The minimum atomic E-state index is -0.322. The molecule has 3 rings (SSSR count). The van der Waals surface area contributed by atoms with Crippen molar-refractivity contribution in [2.45, 2.75) is 25.9 Å². The molecule has 5 heteroatoms. The monoisotopic (exact) mass is 317 g/mol. The van der Waals surface area contributed by atoms with E-state index in [1.807, 2.05) is 0 Å². The molecule has 0 spiro atoms. The maximum absolute atomic E-state index is 12.1. The third-order valence-electron chi connectivity index (χ3n) is 4.90. The largest absolute Gasteiger partial charge is 0.391 e. The van der Waals surface area contributed by atoms with E-state index < -0.39 is 0 Å². The molecular formula is C18H27N3O2. The van der Waals surface area contributed by atoms with Crippen molar-refractivity contribution in [3.63, 3.8) is 0 Å². The minimum absolute atomic E-state index is 0.183. The zero-order chi connectivity index (χ0) is 16.2. The molecule has 1 amide bonds. The van der Waals surface area contributed by atoms with Crippen LogP contribution in [0.15, 0.2) is 24.3 Å². The number of amides is 1. The van der Waals surface area contributed by atoms with Gasteiger partial charge in [-0.2, -0.15) is 0 Å². The highest BCUT2D eigenvalue weighted by Crippen LogP contribution is 2.18. The first-order chi connectivity index (χ1) is 11.1. The van der Waals surface area contributed by atoms with E-state index in [1.54, 1.807) is 4.90 Å². The number of rotatable bonds is 4. The van der Waals surface area contributed by atoms with Gasteiger partial charge < -0.3 is 14.9 Å². The lowest BCUT2D eigenvalue weighted by Crippen LogP contribution is -2.47. The van der Waals surface area contributed by atoms with Gasteiger partial charge in [-0.15, -0.1) is 0 Å². The van der Waals surface area contributed by atoms with E-state index >= 15 is 0 Å². The SMILES string of the molecule is Cc1cccc(N2CCN(CCC(=O)N3CC[C@@H](O)C3)CC2)c1. The maximum atomic E-state index is 12.1. The first kappa shape index (κ1) is 16.3. The van der Waals surface area contributed by atoms with Gasteiger partial charge in [0.1, 0.15) is 0 Å². The quantitative estimate of drug-likeness (QED) is 0.903. The van der Waals surface area contributed by atoms with Crippen molar-refractivity contribution < 1.29 is 9.90 Å². The Hall–Kier alpha value is -1.59. The molecule has 0 bridgehead atoms. The van der Waals surface area contributed by atoms with Gasteiger partial charge in [0.2, 0.25) is 5.91 Å². The number of aliphatic hydroxyl groups is 1. The van der Waals surface area contributed by atoms with Crippen LogP contribution in [0.25, 0.3) is 0 Å². The average Bonchev–Trinajstić information content (AvgIpc) is 3.00. The predicted molar refractivity (Wildman–Crippen MR) is 91.7 cm³/mol. The summed E-state index contributed by atoms with van der Waals surface area (Å²) in [5, 5.41) is 9.51. The number of aryl methyl sites for hydroxylation is 1. The van der Waals surface area contributed by atoms with Crippen LogP contribution in [0.2, 0.25) is 0 Å². The molecule has 0 saturated carbocycles. The van der Waals surface area contributed by atoms with Crippen LogP contribution in [0.3, 0.4) is 0 Å². The molecule has 2 aliphatic rings. The fraction of sp³-hybridized carbons (Fsp3) is 0.611. The van der Waals surface area contributed by atoms with Crippen molar-refractivity contribution in [1.82, 2.24) is 9.80 Å². The zero-order valence-corrected chi connectivity index (χ0v) is 13.9. The average molecular weight is 317 g/mol. The number of likely N-dealkylation sites (tertiary alicyclic amines) is 1. The van der Waals surface area contributed by atoms with Crippen molar-refractivity contribution in [1.29, 1.82) is 0 Å². The second kappa shape index (κ2) is 7.32. The van der Waals surface area contributed by atoms with Crippen molar-refractivity contribution >= 4 is 11.6 Å². The lowest BCUT2D eigenvalue weighted by molar-refractivity contribution is -0.130. The fourth-order valence-electron chi connectivity index (χ4n) is 3.43. The van der Waals surface area contributed by atoms with Crippen molar-refractivity contribution in [3.05, 3.63) is 29.8 Å². The Morgan fingerprint density at radius 2 is 2.00 bits per heavy atom. The number of aliphatic hydroxyl groups excluding tert-OH is 1. The van der Waals surface area contributed by atoms with Gasteiger partial charge in [0.15, 0.2) is 0 Å². The highest BCUT2D eigenvalue weighted by atomic mass is 16.3. The molecule has 0 radical (unpaired) electrons. The summed E-state index contributed by atoms with van der Waals surface area (Å²) in [6, 6.07) is 8.64. The van der Waals surface area contributed by atoms with Gasteiger partial charge in [-0.1, -0.05) is 12.1 Å². The summed E-state index contributed by atoms with van der Waals surface area (Å²) in [5.74, 6) is 0.183. The summed E-state index contributed by atoms with van der Waals surface area (Å²) >= 11 is 0. The third kappa shape index (κ3) is 4.24. The van der Waals surface area contributed by atoms with E-state index in [0.29, 0.717) is 19.5 Å². The van der Waals surface area contributed by atoms with Crippen molar-refractivity contribution in [2.24, 2.45) is 0 Å². The molecule has 1 aromatic rings. The summed E-state index contributed by atoms with van der Waals surface area (Å²) in [6.07, 6.45) is 0.967. The van der Waals surface area contributed by atoms with Crippen LogP contribution in [0, 0.1) is 6.92 Å². The molecule has 0 aromatic heterocycles. The Kier molecular flexibility index (Phi) is 5.18. The normalized spacial score (nSPS) is 22.6. The highest BCUT2D eigenvalue weighted by molar-refractivity contribution is 5.76. The standard InChI is InChI=1S/C18H27N3O2/c1-15-3-2-4-16(13-15)20-11-9-19(10-12-20)7-6-18(23)21-8-5-17(22)14-21/h2-4,13,17,22H,5-12,14H2,1H3/t17-/m1/s1. The van der Waals surface area contributed by atoms with E-state index in [-0.39, 0.29) is 12.0 Å². The number of anilines is 1. The summed E-state index contributed by atoms with van der Waals surface area (Å²) < 4.78 is 0.